The molecule has 39 heavy (non-hydrogen) atoms. The van der Waals surface area contributed by atoms with Gasteiger partial charge in [-0.1, -0.05) is 39.0 Å². The van der Waals surface area contributed by atoms with Gasteiger partial charge in [0.1, 0.15) is 5.65 Å². The molecule has 0 atom stereocenters. The molecule has 5 nitrogen and oxygen atoms in total. The molecular weight excluding hydrogens is 494 g/mol. The van der Waals surface area contributed by atoms with E-state index in [9.17, 15) is 13.6 Å². The van der Waals surface area contributed by atoms with Crippen molar-refractivity contribution < 1.29 is 13.6 Å². The first-order valence-corrected chi connectivity index (χ1v) is 13.3. The molecule has 0 aliphatic rings. The van der Waals surface area contributed by atoms with E-state index < -0.39 is 5.92 Å². The summed E-state index contributed by atoms with van der Waals surface area (Å²) in [6.07, 6.45) is 10.9. The van der Waals surface area contributed by atoms with Crippen LogP contribution in [0.3, 0.4) is 0 Å². The van der Waals surface area contributed by atoms with Crippen LogP contribution in [-0.4, -0.2) is 40.8 Å². The topological polar surface area (TPSA) is 61.0 Å². The number of aryl methyl sites for hydroxylation is 3. The number of hydrogen-bond acceptors (Lipinski definition) is 3. The van der Waals surface area contributed by atoms with E-state index in [1.807, 2.05) is 25.3 Å². The molecule has 1 amide bonds. The smallest absolute Gasteiger partial charge is 0.270 e. The third-order valence-corrected chi connectivity index (χ3v) is 6.30. The molecule has 0 unspecified atom stereocenters. The lowest BCUT2D eigenvalue weighted by Gasteiger charge is -2.14. The third-order valence-electron chi connectivity index (χ3n) is 6.30. The first-order chi connectivity index (χ1) is 18.4. The molecule has 7 heteroatoms. The highest BCUT2D eigenvalue weighted by Crippen LogP contribution is 2.25. The number of rotatable bonds is 10. The second-order valence-corrected chi connectivity index (χ2v) is 9.93. The summed E-state index contributed by atoms with van der Waals surface area (Å²) in [5, 5.41) is 3.88. The minimum absolute atomic E-state index is 0.174. The minimum atomic E-state index is -2.98. The van der Waals surface area contributed by atoms with Gasteiger partial charge >= 0.3 is 0 Å². The molecule has 2 N–H and O–H groups in total. The Morgan fingerprint density at radius 2 is 1.92 bits per heavy atom. The molecule has 210 valence electrons. The number of nitrogens with one attached hydrogen (secondary N) is 2. The van der Waals surface area contributed by atoms with Gasteiger partial charge in [0.2, 0.25) is 0 Å². The van der Waals surface area contributed by atoms with Gasteiger partial charge in [-0.3, -0.25) is 4.79 Å². The third kappa shape index (κ3) is 9.29. The van der Waals surface area contributed by atoms with E-state index in [4.69, 9.17) is 0 Å². The Morgan fingerprint density at radius 3 is 2.46 bits per heavy atom. The van der Waals surface area contributed by atoms with Crippen LogP contribution in [-0.2, 0) is 19.4 Å². The highest BCUT2D eigenvalue weighted by Gasteiger charge is 2.25. The lowest BCUT2D eigenvalue weighted by atomic mass is 10.0. The van der Waals surface area contributed by atoms with E-state index in [0.717, 1.165) is 43.9 Å². The number of fused-ring (bicyclic) bond motifs is 1. The summed E-state index contributed by atoms with van der Waals surface area (Å²) < 4.78 is 26.9. The summed E-state index contributed by atoms with van der Waals surface area (Å²) in [6, 6.07) is 7.73. The number of nitrogens with zero attached hydrogens (tertiary/aromatic N) is 2. The van der Waals surface area contributed by atoms with Crippen LogP contribution in [0.4, 0.5) is 8.78 Å². The van der Waals surface area contributed by atoms with Crippen LogP contribution >= 0.6 is 0 Å². The van der Waals surface area contributed by atoms with Crippen molar-refractivity contribution in [2.45, 2.75) is 66.3 Å². The summed E-state index contributed by atoms with van der Waals surface area (Å²) in [7, 11) is 4.16. The van der Waals surface area contributed by atoms with Gasteiger partial charge in [0.15, 0.2) is 0 Å². The van der Waals surface area contributed by atoms with E-state index in [2.05, 4.69) is 67.0 Å². The number of hydrogen-bond donors (Lipinski definition) is 2. The summed E-state index contributed by atoms with van der Waals surface area (Å²) in [4.78, 5) is 22.1. The summed E-state index contributed by atoms with van der Waals surface area (Å²) in [5.41, 5.74) is 6.41. The molecule has 2 aromatic heterocycles. The summed E-state index contributed by atoms with van der Waals surface area (Å²) >= 11 is 0. The maximum absolute atomic E-state index is 13.5. The van der Waals surface area contributed by atoms with Gasteiger partial charge < -0.3 is 15.2 Å². The standard InChI is InChI=1S/C20H25F2NO.C12H17N3/c1-6-9-15-10-11-16(12-14(15)4)19(24)23-18(8-3)13-17(7-2)20(5,21)22;1-4-9-5-11-10(8-15(2)3)7-14-12(11)13-6-9/h7-8,10-13H,3,6,9H2,1-2,4-5H3,(H,23,24);5-7H,4,8H2,1-3H3,(H,13,14)/b17-7+,18-13+;. The van der Waals surface area contributed by atoms with E-state index in [0.29, 0.717) is 5.56 Å². The Labute approximate surface area is 231 Å². The van der Waals surface area contributed by atoms with Crippen LogP contribution in [0, 0.1) is 6.92 Å². The van der Waals surface area contributed by atoms with Crippen LogP contribution in [0.2, 0.25) is 0 Å². The molecule has 3 rings (SSSR count). The number of pyridine rings is 1. The largest absolute Gasteiger partial charge is 0.346 e. The van der Waals surface area contributed by atoms with Gasteiger partial charge in [0.05, 0.1) is 0 Å². The van der Waals surface area contributed by atoms with E-state index in [-0.39, 0.29) is 17.2 Å². The Morgan fingerprint density at radius 1 is 1.21 bits per heavy atom. The minimum Gasteiger partial charge on any atom is -0.346 e. The number of H-pyrrole nitrogens is 1. The van der Waals surface area contributed by atoms with Crippen molar-refractivity contribution in [3.8, 4) is 0 Å². The van der Waals surface area contributed by atoms with Gasteiger partial charge in [-0.2, -0.15) is 0 Å². The molecule has 0 saturated carbocycles. The molecule has 3 aromatic rings. The molecule has 0 bridgehead atoms. The molecule has 0 saturated heterocycles. The predicted octanol–water partition coefficient (Wildman–Crippen LogP) is 7.54. The lowest BCUT2D eigenvalue weighted by molar-refractivity contribution is 0.0671. The van der Waals surface area contributed by atoms with Gasteiger partial charge in [0.25, 0.3) is 11.8 Å². The maximum atomic E-state index is 13.5. The number of allylic oxidation sites excluding steroid dienone is 4. The molecule has 0 radical (unpaired) electrons. The molecular formula is C32H42F2N4O. The Hall–Kier alpha value is -3.58. The normalized spacial score (nSPS) is 12.4. The first-order valence-electron chi connectivity index (χ1n) is 13.3. The maximum Gasteiger partial charge on any atom is 0.270 e. The average molecular weight is 537 g/mol. The number of alkyl halides is 2. The second kappa shape index (κ2) is 14.5. The van der Waals surface area contributed by atoms with Crippen molar-refractivity contribution in [1.82, 2.24) is 20.2 Å². The summed E-state index contributed by atoms with van der Waals surface area (Å²) in [5.74, 6) is -3.33. The number of carbonyl (C=O) groups excluding carboxylic acids is 1. The van der Waals surface area contributed by atoms with Crippen LogP contribution in [0.1, 0.15) is 66.7 Å². The average Bonchev–Trinajstić information content (AvgIpc) is 3.28. The van der Waals surface area contributed by atoms with E-state index >= 15 is 0 Å². The Balaban J connectivity index is 0.000000302. The Kier molecular flexibility index (Phi) is 11.8. The highest BCUT2D eigenvalue weighted by molar-refractivity contribution is 5.95. The van der Waals surface area contributed by atoms with Crippen molar-refractivity contribution in [2.24, 2.45) is 0 Å². The van der Waals surface area contributed by atoms with Gasteiger partial charge in [-0.05, 0) is 93.4 Å². The zero-order valence-electron chi connectivity index (χ0n) is 24.3. The molecule has 0 aliphatic carbocycles. The SMILES string of the molecule is C=C/C(=C\C(=C/C)C(C)(F)F)NC(=O)c1ccc(CCC)c(C)c1.CCc1cnc2[nH]cc(CN(C)C)c2c1. The number of amides is 1. The quantitative estimate of drug-likeness (QED) is 0.263. The fourth-order valence-corrected chi connectivity index (χ4v) is 4.13. The molecule has 1 aromatic carbocycles. The fraction of sp³-hybridized carbons (Fsp3) is 0.375. The number of aromatic amines is 1. The number of halogens is 2. The lowest BCUT2D eigenvalue weighted by Crippen LogP contribution is -2.23. The van der Waals surface area contributed by atoms with Crippen molar-refractivity contribution in [1.29, 1.82) is 0 Å². The molecule has 0 fully saturated rings. The molecule has 0 spiro atoms. The monoisotopic (exact) mass is 536 g/mol. The molecule has 0 aliphatic heterocycles. The van der Waals surface area contributed by atoms with Crippen molar-refractivity contribution >= 4 is 16.9 Å². The van der Waals surface area contributed by atoms with Gasteiger partial charge in [-0.15, -0.1) is 0 Å². The summed E-state index contributed by atoms with van der Waals surface area (Å²) in [6.45, 7) is 13.1. The van der Waals surface area contributed by atoms with Crippen LogP contribution in [0.5, 0.6) is 0 Å². The van der Waals surface area contributed by atoms with Crippen LogP contribution in [0.15, 0.2) is 72.7 Å². The van der Waals surface area contributed by atoms with Crippen molar-refractivity contribution in [2.75, 3.05) is 14.1 Å². The first kappa shape index (κ1) is 31.6. The number of aromatic nitrogens is 2. The zero-order valence-corrected chi connectivity index (χ0v) is 24.3. The predicted molar refractivity (Wildman–Crippen MR) is 158 cm³/mol. The molecule has 2 heterocycles. The fourth-order valence-electron chi connectivity index (χ4n) is 4.13. The van der Waals surface area contributed by atoms with Crippen LogP contribution < -0.4 is 5.32 Å². The van der Waals surface area contributed by atoms with Crippen molar-refractivity contribution in [3.05, 3.63) is 101 Å². The Bertz CT molecular complexity index is 1330. The second-order valence-electron chi connectivity index (χ2n) is 9.93. The highest BCUT2D eigenvalue weighted by atomic mass is 19.3. The van der Waals surface area contributed by atoms with Gasteiger partial charge in [-0.25, -0.2) is 13.8 Å². The zero-order chi connectivity index (χ0) is 29.2. The van der Waals surface area contributed by atoms with E-state index in [1.165, 1.54) is 47.2 Å². The van der Waals surface area contributed by atoms with Gasteiger partial charge in [0, 0.05) is 48.1 Å². The van der Waals surface area contributed by atoms with E-state index in [1.54, 1.807) is 6.07 Å². The number of benzene rings is 1. The van der Waals surface area contributed by atoms with Crippen LogP contribution in [0.25, 0.3) is 11.0 Å². The number of carbonyl (C=O) groups is 1. The van der Waals surface area contributed by atoms with Crippen molar-refractivity contribution in [3.63, 3.8) is 0 Å².